The molecule has 0 saturated heterocycles. The van der Waals surface area contributed by atoms with Gasteiger partial charge in [0.1, 0.15) is 15.6 Å². The lowest BCUT2D eigenvalue weighted by Gasteiger charge is -2.22. The number of pyridine rings is 1. The molecule has 0 unspecified atom stereocenters. The van der Waals surface area contributed by atoms with Gasteiger partial charge in [0.25, 0.3) is 0 Å². The molecule has 0 radical (unpaired) electrons. The van der Waals surface area contributed by atoms with Crippen LogP contribution in [0.1, 0.15) is 45.2 Å². The van der Waals surface area contributed by atoms with Crippen molar-refractivity contribution in [2.75, 3.05) is 13.1 Å². The third kappa shape index (κ3) is 4.72. The average Bonchev–Trinajstić information content (AvgIpc) is 2.47. The molecule has 0 aliphatic carbocycles. The summed E-state index contributed by atoms with van der Waals surface area (Å²) in [7, 11) is -3.62. The molecule has 1 aromatic rings. The molecule has 118 valence electrons. The van der Waals surface area contributed by atoms with Crippen molar-refractivity contribution >= 4 is 27.2 Å². The van der Waals surface area contributed by atoms with Crippen molar-refractivity contribution < 1.29 is 8.42 Å². The van der Waals surface area contributed by atoms with Gasteiger partial charge in [0.05, 0.1) is 0 Å². The van der Waals surface area contributed by atoms with Gasteiger partial charge in [-0.05, 0) is 25.0 Å². The van der Waals surface area contributed by atoms with Crippen LogP contribution in [0.3, 0.4) is 0 Å². The summed E-state index contributed by atoms with van der Waals surface area (Å²) in [5.74, 6) is 0. The van der Waals surface area contributed by atoms with Crippen LogP contribution in [0.5, 0.6) is 0 Å². The van der Waals surface area contributed by atoms with Crippen LogP contribution in [0.4, 0.5) is 0 Å². The fourth-order valence-electron chi connectivity index (χ4n) is 1.94. The molecule has 1 rings (SSSR count). The normalized spacial score (nSPS) is 11.8. The molecule has 0 aliphatic rings. The molecule has 2 N–H and O–H groups in total. The first kappa shape index (κ1) is 18.0. The summed E-state index contributed by atoms with van der Waals surface area (Å²) in [6.45, 7) is 5.08. The maximum absolute atomic E-state index is 12.8. The third-order valence-corrected chi connectivity index (χ3v) is 5.27. The van der Waals surface area contributed by atoms with Crippen LogP contribution in [0.2, 0.25) is 0 Å². The molecule has 1 aromatic heterocycles. The summed E-state index contributed by atoms with van der Waals surface area (Å²) in [6.07, 6.45) is 5.02. The lowest BCUT2D eigenvalue weighted by atomic mass is 10.3. The molecular weight excluding hydrogens is 306 g/mol. The average molecular weight is 329 g/mol. The van der Waals surface area contributed by atoms with E-state index in [1.165, 1.54) is 16.6 Å². The highest BCUT2D eigenvalue weighted by Gasteiger charge is 2.27. The Morgan fingerprint density at radius 1 is 1.29 bits per heavy atom. The number of rotatable bonds is 9. The molecule has 0 bridgehead atoms. The highest BCUT2D eigenvalue weighted by molar-refractivity contribution is 7.89. The number of unbranched alkanes of at least 4 members (excludes halogenated alkanes) is 2. The molecule has 0 saturated carbocycles. The second-order valence-corrected chi connectivity index (χ2v) is 7.17. The van der Waals surface area contributed by atoms with Crippen molar-refractivity contribution in [3.05, 3.63) is 24.0 Å². The maximum Gasteiger partial charge on any atom is 0.245 e. The summed E-state index contributed by atoms with van der Waals surface area (Å²) in [4.78, 5) is 4.12. The zero-order valence-electron chi connectivity index (χ0n) is 12.6. The van der Waals surface area contributed by atoms with E-state index in [2.05, 4.69) is 4.98 Å². The highest BCUT2D eigenvalue weighted by atomic mass is 32.2. The van der Waals surface area contributed by atoms with Crippen LogP contribution in [-0.4, -0.2) is 35.8 Å². The number of nitrogens with two attached hydrogens (primary N) is 1. The second-order valence-electron chi connectivity index (χ2n) is 4.83. The first-order valence-corrected chi connectivity index (χ1v) is 9.04. The zero-order valence-corrected chi connectivity index (χ0v) is 14.2. The Morgan fingerprint density at radius 2 is 1.86 bits per heavy atom. The van der Waals surface area contributed by atoms with E-state index in [-0.39, 0.29) is 15.6 Å². The van der Waals surface area contributed by atoms with Crippen LogP contribution in [0.15, 0.2) is 23.2 Å². The molecule has 7 heteroatoms. The number of sulfonamides is 1. The van der Waals surface area contributed by atoms with Gasteiger partial charge in [-0.1, -0.05) is 38.9 Å². The molecule has 5 nitrogen and oxygen atoms in total. The Morgan fingerprint density at radius 3 is 2.33 bits per heavy atom. The molecule has 1 heterocycles. The quantitative estimate of drug-likeness (QED) is 0.704. The van der Waals surface area contributed by atoms with Gasteiger partial charge in [0.15, 0.2) is 0 Å². The molecule has 0 amide bonds. The fraction of sp³-hybridized carbons (Fsp3) is 0.571. The fourth-order valence-corrected chi connectivity index (χ4v) is 3.85. The Hall–Kier alpha value is -1.05. The Labute approximate surface area is 132 Å². The summed E-state index contributed by atoms with van der Waals surface area (Å²) < 4.78 is 27.2. The van der Waals surface area contributed by atoms with E-state index in [1.807, 2.05) is 13.8 Å². The minimum absolute atomic E-state index is 0.000100. The smallest absolute Gasteiger partial charge is 0.245 e. The first-order valence-electron chi connectivity index (χ1n) is 7.20. The topological polar surface area (TPSA) is 76.3 Å². The van der Waals surface area contributed by atoms with Crippen molar-refractivity contribution in [2.24, 2.45) is 5.73 Å². The number of thiocarbonyl (C=S) groups is 1. The van der Waals surface area contributed by atoms with Crippen molar-refractivity contribution in [1.82, 2.24) is 9.29 Å². The van der Waals surface area contributed by atoms with Crippen molar-refractivity contribution in [3.8, 4) is 0 Å². The lowest BCUT2D eigenvalue weighted by molar-refractivity contribution is 0.395. The lowest BCUT2D eigenvalue weighted by Crippen LogP contribution is -2.34. The van der Waals surface area contributed by atoms with E-state index in [9.17, 15) is 8.42 Å². The summed E-state index contributed by atoms with van der Waals surface area (Å²) in [5.41, 5.74) is 5.77. The molecule has 0 aliphatic heterocycles. The van der Waals surface area contributed by atoms with E-state index < -0.39 is 10.0 Å². The van der Waals surface area contributed by atoms with Gasteiger partial charge in [-0.2, -0.15) is 4.31 Å². The SMILES string of the molecule is CCCCN(CCCC)S(=O)(=O)c1cccnc1C(N)=S. The number of hydrogen-bond donors (Lipinski definition) is 1. The first-order chi connectivity index (χ1) is 9.95. The number of hydrogen-bond acceptors (Lipinski definition) is 4. The largest absolute Gasteiger partial charge is 0.388 e. The molecule has 0 aromatic carbocycles. The second kappa shape index (κ2) is 8.41. The van der Waals surface area contributed by atoms with E-state index >= 15 is 0 Å². The van der Waals surface area contributed by atoms with Crippen molar-refractivity contribution in [1.29, 1.82) is 0 Å². The van der Waals surface area contributed by atoms with Gasteiger partial charge in [0, 0.05) is 19.3 Å². The van der Waals surface area contributed by atoms with Gasteiger partial charge in [-0.3, -0.25) is 4.98 Å². The summed E-state index contributed by atoms with van der Waals surface area (Å²) in [5, 5.41) is 0. The van der Waals surface area contributed by atoms with Gasteiger partial charge in [-0.15, -0.1) is 0 Å². The van der Waals surface area contributed by atoms with E-state index in [1.54, 1.807) is 6.07 Å². The monoisotopic (exact) mass is 329 g/mol. The molecular formula is C14H23N3O2S2. The third-order valence-electron chi connectivity index (χ3n) is 3.14. The number of nitrogens with zero attached hydrogens (tertiary/aromatic N) is 2. The zero-order chi connectivity index (χ0) is 15.9. The Kier molecular flexibility index (Phi) is 7.21. The van der Waals surface area contributed by atoms with Crippen LogP contribution in [0, 0.1) is 0 Å². The minimum Gasteiger partial charge on any atom is -0.388 e. The number of aromatic nitrogens is 1. The van der Waals surface area contributed by atoms with Crippen LogP contribution in [-0.2, 0) is 10.0 Å². The van der Waals surface area contributed by atoms with E-state index in [0.717, 1.165) is 25.7 Å². The minimum atomic E-state index is -3.62. The van der Waals surface area contributed by atoms with E-state index in [0.29, 0.717) is 13.1 Å². The van der Waals surface area contributed by atoms with Gasteiger partial charge in [0.2, 0.25) is 10.0 Å². The molecule has 0 spiro atoms. The van der Waals surface area contributed by atoms with Crippen molar-refractivity contribution in [2.45, 2.75) is 44.4 Å². The maximum atomic E-state index is 12.8. The molecule has 0 fully saturated rings. The van der Waals surface area contributed by atoms with Gasteiger partial charge in [-0.25, -0.2) is 8.42 Å². The molecule has 0 atom stereocenters. The molecule has 21 heavy (non-hydrogen) atoms. The Balaban J connectivity index is 3.18. The van der Waals surface area contributed by atoms with Crippen molar-refractivity contribution in [3.63, 3.8) is 0 Å². The van der Waals surface area contributed by atoms with Crippen LogP contribution < -0.4 is 5.73 Å². The van der Waals surface area contributed by atoms with E-state index in [4.69, 9.17) is 18.0 Å². The van der Waals surface area contributed by atoms with Crippen LogP contribution in [0.25, 0.3) is 0 Å². The predicted octanol–water partition coefficient (Wildman–Crippen LogP) is 2.31. The Bertz CT molecular complexity index is 565. The summed E-state index contributed by atoms with van der Waals surface area (Å²) >= 11 is 4.91. The summed E-state index contributed by atoms with van der Waals surface area (Å²) in [6, 6.07) is 3.11. The van der Waals surface area contributed by atoms with Gasteiger partial charge < -0.3 is 5.73 Å². The standard InChI is InChI=1S/C14H23N3O2S2/c1-3-5-10-17(11-6-4-2)21(18,19)12-8-7-9-16-13(12)14(15)20/h7-9H,3-6,10-11H2,1-2H3,(H2,15,20). The predicted molar refractivity (Wildman–Crippen MR) is 88.7 cm³/mol. The van der Waals surface area contributed by atoms with Gasteiger partial charge >= 0.3 is 0 Å². The highest BCUT2D eigenvalue weighted by Crippen LogP contribution is 2.20. The van der Waals surface area contributed by atoms with Crippen LogP contribution >= 0.6 is 12.2 Å².